The zero-order chi connectivity index (χ0) is 19.6. The van der Waals surface area contributed by atoms with Crippen LogP contribution in [-0.4, -0.2) is 44.4 Å². The number of ether oxygens (including phenoxy) is 1. The Labute approximate surface area is 158 Å². The highest BCUT2D eigenvalue weighted by atomic mass is 32.2. The SMILES string of the molecule is CC(=O)c1cc(Oc2ccc(S(C)(=O)=O)cc2)cc(C(=O)N2CCCC2)c1. The second-order valence-electron chi connectivity index (χ2n) is 6.65. The Morgan fingerprint density at radius 3 is 2.07 bits per heavy atom. The van der Waals surface area contributed by atoms with Gasteiger partial charge in [-0.15, -0.1) is 0 Å². The van der Waals surface area contributed by atoms with Crippen LogP contribution in [0.4, 0.5) is 0 Å². The van der Waals surface area contributed by atoms with Crippen molar-refractivity contribution < 1.29 is 22.7 Å². The number of amides is 1. The van der Waals surface area contributed by atoms with Gasteiger partial charge in [-0.2, -0.15) is 0 Å². The van der Waals surface area contributed by atoms with E-state index in [1.54, 1.807) is 35.2 Å². The van der Waals surface area contributed by atoms with Crippen molar-refractivity contribution in [2.24, 2.45) is 0 Å². The average Bonchev–Trinajstić information content (AvgIpc) is 3.15. The van der Waals surface area contributed by atoms with E-state index in [2.05, 4.69) is 0 Å². The summed E-state index contributed by atoms with van der Waals surface area (Å²) in [6.07, 6.45) is 3.10. The Kier molecular flexibility index (Phi) is 5.32. The van der Waals surface area contributed by atoms with Gasteiger partial charge in [-0.05, 0) is 62.2 Å². The zero-order valence-electron chi connectivity index (χ0n) is 15.3. The van der Waals surface area contributed by atoms with Gasteiger partial charge in [0.05, 0.1) is 4.90 Å². The quantitative estimate of drug-likeness (QED) is 0.735. The molecule has 0 radical (unpaired) electrons. The summed E-state index contributed by atoms with van der Waals surface area (Å²) in [6.45, 7) is 2.86. The maximum absolute atomic E-state index is 12.7. The molecule has 142 valence electrons. The minimum Gasteiger partial charge on any atom is -0.457 e. The fourth-order valence-electron chi connectivity index (χ4n) is 2.98. The summed E-state index contributed by atoms with van der Waals surface area (Å²) in [5, 5.41) is 0. The van der Waals surface area contributed by atoms with Crippen LogP contribution < -0.4 is 4.74 Å². The van der Waals surface area contributed by atoms with E-state index in [9.17, 15) is 18.0 Å². The van der Waals surface area contributed by atoms with Gasteiger partial charge in [-0.3, -0.25) is 9.59 Å². The van der Waals surface area contributed by atoms with Crippen LogP contribution in [0.5, 0.6) is 11.5 Å². The van der Waals surface area contributed by atoms with Gasteiger partial charge in [-0.25, -0.2) is 8.42 Å². The Balaban J connectivity index is 1.90. The van der Waals surface area contributed by atoms with Crippen LogP contribution in [0, 0.1) is 0 Å². The molecule has 1 saturated heterocycles. The summed E-state index contributed by atoms with van der Waals surface area (Å²) in [4.78, 5) is 26.5. The molecule has 1 heterocycles. The molecular weight excluding hydrogens is 366 g/mol. The number of rotatable bonds is 5. The van der Waals surface area contributed by atoms with E-state index in [4.69, 9.17) is 4.74 Å². The molecule has 27 heavy (non-hydrogen) atoms. The van der Waals surface area contributed by atoms with E-state index in [0.717, 1.165) is 19.1 Å². The third-order valence-electron chi connectivity index (χ3n) is 4.44. The van der Waals surface area contributed by atoms with Crippen LogP contribution in [0.15, 0.2) is 47.4 Å². The summed E-state index contributed by atoms with van der Waals surface area (Å²) in [7, 11) is -3.29. The molecule has 0 unspecified atom stereocenters. The van der Waals surface area contributed by atoms with Crippen molar-refractivity contribution in [3.8, 4) is 11.5 Å². The minimum atomic E-state index is -3.29. The average molecular weight is 387 g/mol. The zero-order valence-corrected chi connectivity index (χ0v) is 16.1. The van der Waals surface area contributed by atoms with Crippen LogP contribution in [0.1, 0.15) is 40.5 Å². The van der Waals surface area contributed by atoms with Gasteiger partial charge >= 0.3 is 0 Å². The fraction of sp³-hybridized carbons (Fsp3) is 0.300. The van der Waals surface area contributed by atoms with E-state index in [1.807, 2.05) is 0 Å². The number of hydrogen-bond acceptors (Lipinski definition) is 5. The molecule has 3 rings (SSSR count). The van der Waals surface area contributed by atoms with Crippen molar-refractivity contribution in [3.63, 3.8) is 0 Å². The third-order valence-corrected chi connectivity index (χ3v) is 5.57. The smallest absolute Gasteiger partial charge is 0.254 e. The normalized spacial score (nSPS) is 14.2. The molecule has 1 fully saturated rings. The topological polar surface area (TPSA) is 80.8 Å². The Bertz CT molecular complexity index is 974. The second kappa shape index (κ2) is 7.52. The Hall–Kier alpha value is -2.67. The van der Waals surface area contributed by atoms with Crippen LogP contribution in [-0.2, 0) is 9.84 Å². The Morgan fingerprint density at radius 2 is 1.52 bits per heavy atom. The number of carbonyl (C=O) groups excluding carboxylic acids is 2. The standard InChI is InChI=1S/C20H21NO5S/c1-14(22)15-11-16(20(23)21-9-3-4-10-21)13-18(12-15)26-17-5-7-19(8-6-17)27(2,24)25/h5-8,11-13H,3-4,9-10H2,1-2H3. The molecule has 0 N–H and O–H groups in total. The molecule has 1 aliphatic rings. The summed E-state index contributed by atoms with van der Waals surface area (Å²) < 4.78 is 28.9. The van der Waals surface area contributed by atoms with Crippen molar-refractivity contribution in [2.75, 3.05) is 19.3 Å². The predicted octanol–water partition coefficient (Wildman–Crippen LogP) is 3.32. The van der Waals surface area contributed by atoms with Gasteiger partial charge in [0.15, 0.2) is 15.6 Å². The molecule has 6 nitrogen and oxygen atoms in total. The van der Waals surface area contributed by atoms with Crippen LogP contribution in [0.3, 0.4) is 0 Å². The van der Waals surface area contributed by atoms with Crippen molar-refractivity contribution >= 4 is 21.5 Å². The number of benzene rings is 2. The van der Waals surface area contributed by atoms with Gasteiger partial charge in [-0.1, -0.05) is 0 Å². The summed E-state index contributed by atoms with van der Waals surface area (Å²) in [5.41, 5.74) is 0.801. The lowest BCUT2D eigenvalue weighted by atomic mass is 10.1. The van der Waals surface area contributed by atoms with E-state index in [-0.39, 0.29) is 16.6 Å². The number of Topliss-reactive ketones (excluding diaryl/α,β-unsaturated/α-hetero) is 1. The van der Waals surface area contributed by atoms with Gasteiger partial charge in [0.2, 0.25) is 0 Å². The van der Waals surface area contributed by atoms with Crippen LogP contribution >= 0.6 is 0 Å². The fourth-order valence-corrected chi connectivity index (χ4v) is 3.61. The van der Waals surface area contributed by atoms with Crippen molar-refractivity contribution in [3.05, 3.63) is 53.6 Å². The van der Waals surface area contributed by atoms with Gasteiger partial charge in [0, 0.05) is 30.5 Å². The third kappa shape index (κ3) is 4.54. The first kappa shape index (κ1) is 19.1. The molecule has 0 saturated carbocycles. The highest BCUT2D eigenvalue weighted by molar-refractivity contribution is 7.90. The molecule has 0 aliphatic carbocycles. The number of ketones is 1. The maximum atomic E-state index is 12.7. The molecule has 0 bridgehead atoms. The second-order valence-corrected chi connectivity index (χ2v) is 8.66. The monoisotopic (exact) mass is 387 g/mol. The molecule has 1 amide bonds. The highest BCUT2D eigenvalue weighted by Gasteiger charge is 2.21. The van der Waals surface area contributed by atoms with E-state index in [0.29, 0.717) is 35.7 Å². The van der Waals surface area contributed by atoms with Gasteiger partial charge < -0.3 is 9.64 Å². The van der Waals surface area contributed by atoms with Crippen molar-refractivity contribution in [2.45, 2.75) is 24.7 Å². The summed E-state index contributed by atoms with van der Waals surface area (Å²) >= 11 is 0. The molecule has 0 atom stereocenters. The molecule has 7 heteroatoms. The number of carbonyl (C=O) groups is 2. The van der Waals surface area contributed by atoms with E-state index >= 15 is 0 Å². The lowest BCUT2D eigenvalue weighted by Gasteiger charge is -2.16. The summed E-state index contributed by atoms with van der Waals surface area (Å²) in [6, 6.07) is 10.8. The summed E-state index contributed by atoms with van der Waals surface area (Å²) in [5.74, 6) is 0.497. The van der Waals surface area contributed by atoms with E-state index < -0.39 is 9.84 Å². The van der Waals surface area contributed by atoms with Gasteiger partial charge in [0.1, 0.15) is 11.5 Å². The molecule has 1 aliphatic heterocycles. The highest BCUT2D eigenvalue weighted by Crippen LogP contribution is 2.26. The Morgan fingerprint density at radius 1 is 0.926 bits per heavy atom. The van der Waals surface area contributed by atoms with Crippen molar-refractivity contribution in [1.29, 1.82) is 0 Å². The van der Waals surface area contributed by atoms with Crippen LogP contribution in [0.25, 0.3) is 0 Å². The van der Waals surface area contributed by atoms with Crippen molar-refractivity contribution in [1.82, 2.24) is 4.90 Å². The number of sulfone groups is 1. The maximum Gasteiger partial charge on any atom is 0.254 e. The van der Waals surface area contributed by atoms with E-state index in [1.165, 1.54) is 19.1 Å². The lowest BCUT2D eigenvalue weighted by Crippen LogP contribution is -2.27. The first-order valence-corrected chi connectivity index (χ1v) is 10.6. The number of nitrogens with zero attached hydrogens (tertiary/aromatic N) is 1. The van der Waals surface area contributed by atoms with Crippen LogP contribution in [0.2, 0.25) is 0 Å². The van der Waals surface area contributed by atoms with Gasteiger partial charge in [0.25, 0.3) is 5.91 Å². The predicted molar refractivity (Wildman–Crippen MR) is 101 cm³/mol. The molecule has 2 aromatic carbocycles. The lowest BCUT2D eigenvalue weighted by molar-refractivity contribution is 0.0792. The molecule has 0 aromatic heterocycles. The molecule has 2 aromatic rings. The molecular formula is C20H21NO5S. The minimum absolute atomic E-state index is 0.118. The first-order valence-electron chi connectivity index (χ1n) is 8.67. The number of hydrogen-bond donors (Lipinski definition) is 0. The molecule has 0 spiro atoms. The first-order chi connectivity index (χ1) is 12.7. The number of likely N-dealkylation sites (tertiary alicyclic amines) is 1. The largest absolute Gasteiger partial charge is 0.457 e.